The first kappa shape index (κ1) is 47.3. The summed E-state index contributed by atoms with van der Waals surface area (Å²) in [5.74, 6) is 1.53. The van der Waals surface area contributed by atoms with Crippen molar-refractivity contribution in [2.24, 2.45) is 0 Å². The predicted molar refractivity (Wildman–Crippen MR) is 260 cm³/mol. The van der Waals surface area contributed by atoms with E-state index in [-0.39, 0.29) is 31.3 Å². The fourth-order valence-corrected chi connectivity index (χ4v) is 8.28. The summed E-state index contributed by atoms with van der Waals surface area (Å²) in [6, 6.07) is 15.2. The monoisotopic (exact) mass is 934 g/mol. The normalized spacial score (nSPS) is 16.2. The maximum atomic E-state index is 10.6. The highest BCUT2D eigenvalue weighted by Crippen LogP contribution is 2.39. The van der Waals surface area contributed by atoms with Crippen LogP contribution in [0.4, 0.5) is 17.1 Å². The topological polar surface area (TPSA) is 204 Å². The zero-order valence-electron chi connectivity index (χ0n) is 38.8. The molecule has 0 spiro atoms. The van der Waals surface area contributed by atoms with Gasteiger partial charge in [-0.15, -0.1) is 0 Å². The van der Waals surface area contributed by atoms with Crippen molar-refractivity contribution in [3.63, 3.8) is 0 Å². The molecule has 1 fully saturated rings. The van der Waals surface area contributed by atoms with E-state index in [1.807, 2.05) is 76.2 Å². The average Bonchev–Trinajstić information content (AvgIpc) is 3.96. The van der Waals surface area contributed by atoms with Crippen molar-refractivity contribution in [2.75, 3.05) is 64.3 Å². The molecule has 0 radical (unpaired) electrons. The van der Waals surface area contributed by atoms with Gasteiger partial charge in [0.15, 0.2) is 11.3 Å². The fourth-order valence-electron chi connectivity index (χ4n) is 8.06. The lowest BCUT2D eigenvalue weighted by atomic mass is 10.1. The minimum atomic E-state index is -0.737. The molecule has 5 N–H and O–H groups in total. The third-order valence-electron chi connectivity index (χ3n) is 11.4. The molecule has 354 valence electrons. The van der Waals surface area contributed by atoms with E-state index in [0.717, 1.165) is 51.0 Å². The van der Waals surface area contributed by atoms with Gasteiger partial charge < -0.3 is 50.0 Å². The van der Waals surface area contributed by atoms with Crippen molar-refractivity contribution in [3.05, 3.63) is 84.7 Å². The number of fused-ring (bicyclic) bond motifs is 2. The number of pyridine rings is 2. The van der Waals surface area contributed by atoms with Crippen LogP contribution in [0, 0.1) is 0 Å². The Balaban J connectivity index is 1.10. The quantitative estimate of drug-likeness (QED) is 0.0534. The van der Waals surface area contributed by atoms with Crippen molar-refractivity contribution < 1.29 is 29.2 Å². The fraction of sp³-hybridized carbons (Fsp3) is 0.417. The van der Waals surface area contributed by atoms with Gasteiger partial charge in [-0.05, 0) is 90.7 Å². The maximum absolute atomic E-state index is 10.6. The van der Waals surface area contributed by atoms with E-state index in [1.54, 1.807) is 32.6 Å². The van der Waals surface area contributed by atoms with Crippen LogP contribution in [-0.4, -0.2) is 128 Å². The van der Waals surface area contributed by atoms with Gasteiger partial charge in [0, 0.05) is 72.6 Å². The number of aromatic nitrogens is 8. The van der Waals surface area contributed by atoms with Crippen LogP contribution in [-0.2, 0) is 4.74 Å². The summed E-state index contributed by atoms with van der Waals surface area (Å²) in [5, 5.41) is 42.3. The van der Waals surface area contributed by atoms with E-state index >= 15 is 0 Å². The minimum Gasteiger partial charge on any atom is -0.491 e. The van der Waals surface area contributed by atoms with Crippen LogP contribution in [0.1, 0.15) is 52.6 Å². The molecule has 19 heteroatoms. The molecule has 2 aromatic carbocycles. The van der Waals surface area contributed by atoms with Crippen molar-refractivity contribution in [1.29, 1.82) is 0 Å². The number of benzene rings is 2. The second-order valence-corrected chi connectivity index (χ2v) is 17.7. The Bertz CT molecular complexity index is 2770. The van der Waals surface area contributed by atoms with Crippen LogP contribution < -0.4 is 35.1 Å². The number of nitrogens with one attached hydrogen (secondary N) is 3. The smallest absolute Gasteiger partial charge is 0.201 e. The second-order valence-electron chi connectivity index (χ2n) is 17.3. The molecule has 4 unspecified atom stereocenters. The third-order valence-corrected chi connectivity index (χ3v) is 11.6. The summed E-state index contributed by atoms with van der Waals surface area (Å²) in [6.07, 6.45) is 7.88. The molecule has 4 atom stereocenters. The number of hydrogen-bond donors (Lipinski definition) is 5. The Labute approximate surface area is 394 Å². The molecule has 0 saturated carbocycles. The van der Waals surface area contributed by atoms with Crippen molar-refractivity contribution in [2.45, 2.75) is 77.2 Å². The number of likely N-dealkylation sites (N-methyl/N-ethyl adjacent to an activating group) is 2. The highest BCUT2D eigenvalue weighted by Gasteiger charge is 2.27. The lowest BCUT2D eigenvalue weighted by molar-refractivity contribution is -0.108. The van der Waals surface area contributed by atoms with Crippen LogP contribution in [0.3, 0.4) is 0 Å². The minimum absolute atomic E-state index is 0.0466. The van der Waals surface area contributed by atoms with Gasteiger partial charge in [-0.25, -0.2) is 29.3 Å². The van der Waals surface area contributed by atoms with E-state index in [1.165, 1.54) is 6.33 Å². The summed E-state index contributed by atoms with van der Waals surface area (Å²) in [5.41, 5.74) is 6.78. The number of ether oxygens (including phenoxy) is 4. The molecule has 18 nitrogen and oxygen atoms in total. The summed E-state index contributed by atoms with van der Waals surface area (Å²) >= 11 is 6.63. The van der Waals surface area contributed by atoms with Crippen molar-refractivity contribution in [3.8, 4) is 39.8 Å². The van der Waals surface area contributed by atoms with E-state index in [4.69, 9.17) is 50.7 Å². The lowest BCUT2D eigenvalue weighted by Gasteiger charge is -2.31. The molecule has 67 heavy (non-hydrogen) atoms. The number of anilines is 3. The largest absolute Gasteiger partial charge is 0.491 e. The van der Waals surface area contributed by atoms with Crippen LogP contribution in [0.25, 0.3) is 44.6 Å². The molecule has 1 aliphatic heterocycles. The maximum Gasteiger partial charge on any atom is 0.201 e. The van der Waals surface area contributed by atoms with E-state index in [0.29, 0.717) is 65.4 Å². The zero-order chi connectivity index (χ0) is 47.2. The zero-order valence-corrected chi connectivity index (χ0v) is 39.6. The Morgan fingerprint density at radius 3 is 1.99 bits per heavy atom. The first-order valence-electron chi connectivity index (χ1n) is 22.5. The number of rotatable bonds is 20. The van der Waals surface area contributed by atoms with Gasteiger partial charge in [0.1, 0.15) is 49.0 Å². The molecular formula is C48H59ClN12O6. The Kier molecular flexibility index (Phi) is 15.0. The highest BCUT2D eigenvalue weighted by molar-refractivity contribution is 6.31. The van der Waals surface area contributed by atoms with Crippen molar-refractivity contribution in [1.82, 2.24) is 50.1 Å². The first-order valence-corrected chi connectivity index (χ1v) is 22.9. The van der Waals surface area contributed by atoms with Gasteiger partial charge in [-0.3, -0.25) is 0 Å². The number of aliphatic hydroxyl groups is 2. The van der Waals surface area contributed by atoms with Gasteiger partial charge in [-0.1, -0.05) is 11.6 Å². The molecular weight excluding hydrogens is 876 g/mol. The number of halogens is 1. The Morgan fingerprint density at radius 1 is 0.761 bits per heavy atom. The van der Waals surface area contributed by atoms with Crippen LogP contribution >= 0.6 is 11.6 Å². The molecule has 1 saturated heterocycles. The SMILES string of the molecule is CNCC(O)COc1cc(Cl)cc(-c2cc(NC3CCOC(Oc4cc(OCC(O)CNC)cc(-c5cc(N(C)c6cncnc6)c6cnn(C(C)C)c6n5)c4)C3)c3cnn(C(C)C)c3n2)c1. The number of nitrogens with zero attached hydrogens (tertiary/aromatic N) is 9. The summed E-state index contributed by atoms with van der Waals surface area (Å²) in [4.78, 5) is 20.8. The van der Waals surface area contributed by atoms with Gasteiger partial charge >= 0.3 is 0 Å². The molecule has 6 heterocycles. The predicted octanol–water partition coefficient (Wildman–Crippen LogP) is 6.80. The molecule has 8 rings (SSSR count). The molecule has 5 aromatic heterocycles. The average molecular weight is 936 g/mol. The standard InChI is InChI=1S/C48H59ClN12O6/c1-28(2)60-47-40(23-54-60)44(17-42(57-47)30-10-32(49)14-37(11-30)65-25-35(62)21-50-5)56-33-8-9-64-46(15-33)67-39-13-31(12-38(16-39)66-26-36(63)22-51-6)43-18-45(59(7)34-19-52-27-53-20-34)41-24-55-61(29(3)4)48(41)58-43/h10-14,16-20,23-24,27-29,33,35-36,46,50-51,62-63H,8-9,15,21-22,25-26H2,1-7H3,(H,56,57). The van der Waals surface area contributed by atoms with Gasteiger partial charge in [0.25, 0.3) is 0 Å². The summed E-state index contributed by atoms with van der Waals surface area (Å²) in [7, 11) is 5.52. The second kappa shape index (κ2) is 21.2. The van der Waals surface area contributed by atoms with Crippen LogP contribution in [0.5, 0.6) is 17.2 Å². The lowest BCUT2D eigenvalue weighted by Crippen LogP contribution is -2.37. The summed E-state index contributed by atoms with van der Waals surface area (Å²) in [6.45, 7) is 9.64. The van der Waals surface area contributed by atoms with Crippen LogP contribution in [0.15, 0.2) is 79.6 Å². The third kappa shape index (κ3) is 11.2. The molecule has 0 bridgehead atoms. The highest BCUT2D eigenvalue weighted by atomic mass is 35.5. The van der Waals surface area contributed by atoms with E-state index in [2.05, 4.69) is 53.6 Å². The summed E-state index contributed by atoms with van der Waals surface area (Å²) < 4.78 is 28.9. The first-order chi connectivity index (χ1) is 32.4. The van der Waals surface area contributed by atoms with Crippen molar-refractivity contribution >= 4 is 50.7 Å². The Hall–Kier alpha value is -6.15. The van der Waals surface area contributed by atoms with Gasteiger partial charge in [0.2, 0.25) is 6.29 Å². The van der Waals surface area contributed by atoms with E-state index in [9.17, 15) is 10.2 Å². The molecule has 0 amide bonds. The molecule has 7 aromatic rings. The van der Waals surface area contributed by atoms with Crippen LogP contribution in [0.2, 0.25) is 5.02 Å². The number of hydrogen-bond acceptors (Lipinski definition) is 16. The molecule has 0 aliphatic carbocycles. The van der Waals surface area contributed by atoms with Gasteiger partial charge in [-0.2, -0.15) is 10.2 Å². The molecule has 1 aliphatic rings. The van der Waals surface area contributed by atoms with E-state index < -0.39 is 18.5 Å². The Morgan fingerprint density at radius 2 is 1.34 bits per heavy atom. The van der Waals surface area contributed by atoms with Gasteiger partial charge in [0.05, 0.1) is 64.9 Å². The number of aliphatic hydroxyl groups excluding tert-OH is 2.